The second-order valence-electron chi connectivity index (χ2n) is 6.59. The molecule has 1 aromatic rings. The van der Waals surface area contributed by atoms with E-state index in [2.05, 4.69) is 48.7 Å². The van der Waals surface area contributed by atoms with Crippen molar-refractivity contribution in [2.45, 2.75) is 36.8 Å². The minimum absolute atomic E-state index is 0.0124. The van der Waals surface area contributed by atoms with Crippen molar-refractivity contribution in [2.24, 2.45) is 10.4 Å². The van der Waals surface area contributed by atoms with Crippen LogP contribution >= 0.6 is 11.8 Å². The predicted molar refractivity (Wildman–Crippen MR) is 105 cm³/mol. The molecule has 2 unspecified atom stereocenters. The maximum absolute atomic E-state index is 9.34. The van der Waals surface area contributed by atoms with Gasteiger partial charge in [-0.05, 0) is 31.9 Å². The molecule has 1 fully saturated rings. The molecule has 3 N–H and O–H groups in total. The van der Waals surface area contributed by atoms with E-state index in [4.69, 9.17) is 9.73 Å². The van der Waals surface area contributed by atoms with Gasteiger partial charge in [-0.25, -0.2) is 0 Å². The van der Waals surface area contributed by atoms with E-state index < -0.39 is 0 Å². The molecule has 0 aromatic heterocycles. The normalized spacial score (nSPS) is 22.0. The highest BCUT2D eigenvalue weighted by molar-refractivity contribution is 8.00. The van der Waals surface area contributed by atoms with Gasteiger partial charge in [0.25, 0.3) is 0 Å². The Morgan fingerprint density at radius 2 is 2.16 bits per heavy atom. The molecule has 25 heavy (non-hydrogen) atoms. The quantitative estimate of drug-likeness (QED) is 0.356. The maximum atomic E-state index is 9.34. The summed E-state index contributed by atoms with van der Waals surface area (Å²) in [5.41, 5.74) is -0.0124. The summed E-state index contributed by atoms with van der Waals surface area (Å²) in [6.45, 7) is 8.29. The third-order valence-electron chi connectivity index (χ3n) is 4.38. The van der Waals surface area contributed by atoms with Crippen molar-refractivity contribution < 1.29 is 9.84 Å². The van der Waals surface area contributed by atoms with Gasteiger partial charge in [0.15, 0.2) is 5.96 Å². The van der Waals surface area contributed by atoms with E-state index in [9.17, 15) is 5.11 Å². The van der Waals surface area contributed by atoms with Crippen LogP contribution in [0.4, 0.5) is 0 Å². The highest BCUT2D eigenvalue weighted by Gasteiger charge is 2.34. The lowest BCUT2D eigenvalue weighted by Crippen LogP contribution is -2.41. The first kappa shape index (κ1) is 20.1. The number of thioether (sulfide) groups is 1. The number of benzene rings is 1. The number of guanidine groups is 1. The molecule has 0 bridgehead atoms. The molecule has 1 saturated heterocycles. The fraction of sp³-hybridized carbons (Fsp3) is 0.632. The summed E-state index contributed by atoms with van der Waals surface area (Å²) < 4.78 is 5.55. The van der Waals surface area contributed by atoms with Crippen molar-refractivity contribution in [3.63, 3.8) is 0 Å². The van der Waals surface area contributed by atoms with Crippen LogP contribution in [0.25, 0.3) is 0 Å². The monoisotopic (exact) mass is 365 g/mol. The lowest BCUT2D eigenvalue weighted by atomic mass is 9.84. The van der Waals surface area contributed by atoms with Crippen LogP contribution in [0.2, 0.25) is 0 Å². The van der Waals surface area contributed by atoms with Crippen molar-refractivity contribution in [1.29, 1.82) is 0 Å². The molecule has 1 aliphatic rings. The van der Waals surface area contributed by atoms with E-state index in [-0.39, 0.29) is 12.0 Å². The van der Waals surface area contributed by atoms with Crippen LogP contribution in [-0.2, 0) is 4.74 Å². The van der Waals surface area contributed by atoms with Crippen LogP contribution in [0.1, 0.15) is 26.7 Å². The van der Waals surface area contributed by atoms with Gasteiger partial charge in [0, 0.05) is 41.9 Å². The number of aliphatic imine (C=N–C) groups is 1. The Morgan fingerprint density at radius 1 is 1.36 bits per heavy atom. The fourth-order valence-electron chi connectivity index (χ4n) is 2.89. The van der Waals surface area contributed by atoms with E-state index in [1.807, 2.05) is 17.8 Å². The molecular formula is C19H31N3O2S. The molecular weight excluding hydrogens is 334 g/mol. The average molecular weight is 366 g/mol. The Hall–Kier alpha value is -1.24. The summed E-state index contributed by atoms with van der Waals surface area (Å²) >= 11 is 1.86. The third kappa shape index (κ3) is 6.88. The zero-order valence-electron chi connectivity index (χ0n) is 15.3. The van der Waals surface area contributed by atoms with Crippen molar-refractivity contribution in [3.8, 4) is 0 Å². The minimum Gasteiger partial charge on any atom is -0.396 e. The second kappa shape index (κ2) is 10.7. The molecule has 0 saturated carbocycles. The zero-order chi connectivity index (χ0) is 18.0. The minimum atomic E-state index is -0.0124. The Bertz CT molecular complexity index is 519. The smallest absolute Gasteiger partial charge is 0.191 e. The van der Waals surface area contributed by atoms with E-state index >= 15 is 0 Å². The highest BCUT2D eigenvalue weighted by atomic mass is 32.2. The molecule has 0 aliphatic carbocycles. The van der Waals surface area contributed by atoms with Gasteiger partial charge in [0.2, 0.25) is 0 Å². The summed E-state index contributed by atoms with van der Waals surface area (Å²) in [5, 5.41) is 16.5. The standard InChI is InChI=1S/C19H31N3O2S/c1-3-20-18(22-14-19(9-11-23)10-12-24-15-19)21-13-16(2)25-17-7-5-4-6-8-17/h4-8,16,23H,3,9-15H2,1-2H3,(H2,20,21,22). The first-order chi connectivity index (χ1) is 12.2. The Balaban J connectivity index is 1.86. The lowest BCUT2D eigenvalue weighted by molar-refractivity contribution is 0.131. The van der Waals surface area contributed by atoms with E-state index in [1.165, 1.54) is 4.90 Å². The lowest BCUT2D eigenvalue weighted by Gasteiger charge is -2.25. The predicted octanol–water partition coefficient (Wildman–Crippen LogP) is 2.51. The van der Waals surface area contributed by atoms with Gasteiger partial charge in [-0.3, -0.25) is 4.99 Å². The Morgan fingerprint density at radius 3 is 2.80 bits per heavy atom. The summed E-state index contributed by atoms with van der Waals surface area (Å²) in [6, 6.07) is 10.5. The van der Waals surface area contributed by atoms with Gasteiger partial charge in [-0.1, -0.05) is 25.1 Å². The molecule has 6 heteroatoms. The second-order valence-corrected chi connectivity index (χ2v) is 8.11. The van der Waals surface area contributed by atoms with Crippen LogP contribution in [0.3, 0.4) is 0 Å². The maximum Gasteiger partial charge on any atom is 0.191 e. The number of nitrogens with zero attached hydrogens (tertiary/aromatic N) is 1. The topological polar surface area (TPSA) is 65.9 Å². The van der Waals surface area contributed by atoms with Crippen molar-refractivity contribution in [3.05, 3.63) is 30.3 Å². The molecule has 0 radical (unpaired) electrons. The van der Waals surface area contributed by atoms with Crippen molar-refractivity contribution in [1.82, 2.24) is 10.6 Å². The Labute approximate surface area is 155 Å². The van der Waals surface area contributed by atoms with Gasteiger partial charge in [-0.15, -0.1) is 11.8 Å². The molecule has 140 valence electrons. The fourth-order valence-corrected chi connectivity index (χ4v) is 3.84. The first-order valence-corrected chi connectivity index (χ1v) is 9.98. The van der Waals surface area contributed by atoms with Gasteiger partial charge in [0.1, 0.15) is 0 Å². The third-order valence-corrected chi connectivity index (χ3v) is 5.49. The number of ether oxygens (including phenoxy) is 1. The first-order valence-electron chi connectivity index (χ1n) is 9.10. The number of aliphatic hydroxyl groups excluding tert-OH is 1. The van der Waals surface area contributed by atoms with Crippen molar-refractivity contribution >= 4 is 17.7 Å². The van der Waals surface area contributed by atoms with Gasteiger partial charge in [0.05, 0.1) is 13.2 Å². The summed E-state index contributed by atoms with van der Waals surface area (Å²) in [6.07, 6.45) is 1.72. The van der Waals surface area contributed by atoms with Crippen LogP contribution in [0, 0.1) is 5.41 Å². The molecule has 1 aromatic carbocycles. The van der Waals surface area contributed by atoms with Crippen LogP contribution in [0.15, 0.2) is 40.2 Å². The number of rotatable bonds is 9. The van der Waals surface area contributed by atoms with Gasteiger partial charge >= 0.3 is 0 Å². The highest BCUT2D eigenvalue weighted by Crippen LogP contribution is 2.32. The SMILES string of the molecule is CCNC(=NCC1(CCO)CCOC1)NCC(C)Sc1ccccc1. The molecule has 0 spiro atoms. The molecule has 0 amide bonds. The zero-order valence-corrected chi connectivity index (χ0v) is 16.1. The molecule has 5 nitrogen and oxygen atoms in total. The van der Waals surface area contributed by atoms with Gasteiger partial charge in [-0.2, -0.15) is 0 Å². The molecule has 1 heterocycles. The van der Waals surface area contributed by atoms with Crippen LogP contribution < -0.4 is 10.6 Å². The largest absolute Gasteiger partial charge is 0.396 e. The van der Waals surface area contributed by atoms with Crippen LogP contribution in [0.5, 0.6) is 0 Å². The van der Waals surface area contributed by atoms with E-state index in [1.54, 1.807) is 0 Å². The number of nitrogens with one attached hydrogen (secondary N) is 2. The number of hydrogen-bond acceptors (Lipinski definition) is 4. The molecule has 1 aliphatic heterocycles. The van der Waals surface area contributed by atoms with E-state index in [0.717, 1.165) is 38.5 Å². The molecule has 2 atom stereocenters. The average Bonchev–Trinajstić information content (AvgIpc) is 3.07. The summed E-state index contributed by atoms with van der Waals surface area (Å²) in [4.78, 5) is 6.04. The number of aliphatic hydroxyl groups is 1. The summed E-state index contributed by atoms with van der Waals surface area (Å²) in [7, 11) is 0. The van der Waals surface area contributed by atoms with Gasteiger partial charge < -0.3 is 20.5 Å². The summed E-state index contributed by atoms with van der Waals surface area (Å²) in [5.74, 6) is 0.840. The van der Waals surface area contributed by atoms with E-state index in [0.29, 0.717) is 18.4 Å². The van der Waals surface area contributed by atoms with Crippen molar-refractivity contribution in [2.75, 3.05) is 39.5 Å². The van der Waals surface area contributed by atoms with Crippen LogP contribution in [-0.4, -0.2) is 55.8 Å². The number of hydrogen-bond donors (Lipinski definition) is 3. The Kier molecular flexibility index (Phi) is 8.58. The molecule has 2 rings (SSSR count).